The van der Waals surface area contributed by atoms with Crippen LogP contribution in [0.15, 0.2) is 47.5 Å². The summed E-state index contributed by atoms with van der Waals surface area (Å²) in [5.74, 6) is -2.99. The van der Waals surface area contributed by atoms with E-state index in [4.69, 9.17) is 11.6 Å². The highest BCUT2D eigenvalue weighted by atomic mass is 35.5. The largest absolute Gasteiger partial charge is 0.312 e. The number of aromatic nitrogens is 4. The molecule has 1 aliphatic rings. The van der Waals surface area contributed by atoms with Gasteiger partial charge in [-0.2, -0.15) is 0 Å². The monoisotopic (exact) mass is 430 g/mol. The van der Waals surface area contributed by atoms with Crippen LogP contribution < -0.4 is 5.56 Å². The smallest absolute Gasteiger partial charge is 0.286 e. The van der Waals surface area contributed by atoms with Crippen molar-refractivity contribution in [1.82, 2.24) is 19.1 Å². The summed E-state index contributed by atoms with van der Waals surface area (Å²) in [6.45, 7) is 0. The van der Waals surface area contributed by atoms with Gasteiger partial charge in [-0.15, -0.1) is 0 Å². The van der Waals surface area contributed by atoms with Crippen LogP contribution in [-0.4, -0.2) is 19.1 Å². The average Bonchev–Trinajstić information content (AvgIpc) is 3.45. The van der Waals surface area contributed by atoms with Gasteiger partial charge in [0.05, 0.1) is 12.0 Å². The molecular weight excluding hydrogens is 417 g/mol. The maximum Gasteiger partial charge on any atom is 0.286 e. The third-order valence-electron chi connectivity index (χ3n) is 5.13. The molecule has 0 unspecified atom stereocenters. The standard InChI is InChI=1S/C21H14ClF3N4O/c22-11-1-3-14(4-2-11)29-18(9-15-16(24)7-12(23)8-17(15)25)27-20-19(21(29)30)26-10-28(20)13-5-6-13/h1-4,7-8,10,13H,5-6,9H2. The SMILES string of the molecule is O=c1c2ncn(C3CC3)c2nc(Cc2c(F)cc(F)cc2F)n1-c1ccc(Cl)cc1. The molecule has 4 aromatic rings. The molecule has 2 aromatic carbocycles. The Kier molecular flexibility index (Phi) is 4.39. The van der Waals surface area contributed by atoms with Crippen molar-refractivity contribution >= 4 is 22.8 Å². The molecule has 2 aromatic heterocycles. The third-order valence-corrected chi connectivity index (χ3v) is 5.38. The molecule has 152 valence electrons. The Morgan fingerprint density at radius 1 is 1.07 bits per heavy atom. The van der Waals surface area contributed by atoms with Crippen molar-refractivity contribution < 1.29 is 13.2 Å². The van der Waals surface area contributed by atoms with Gasteiger partial charge in [0.25, 0.3) is 5.56 Å². The minimum absolute atomic E-state index is 0.113. The Morgan fingerprint density at radius 3 is 2.37 bits per heavy atom. The zero-order valence-electron chi connectivity index (χ0n) is 15.4. The van der Waals surface area contributed by atoms with Gasteiger partial charge in [0.1, 0.15) is 23.3 Å². The summed E-state index contributed by atoms with van der Waals surface area (Å²) in [7, 11) is 0. The lowest BCUT2D eigenvalue weighted by Crippen LogP contribution is -2.25. The van der Waals surface area contributed by atoms with Gasteiger partial charge < -0.3 is 4.57 Å². The summed E-state index contributed by atoms with van der Waals surface area (Å²) in [6, 6.07) is 7.83. The van der Waals surface area contributed by atoms with E-state index in [1.54, 1.807) is 30.6 Å². The van der Waals surface area contributed by atoms with E-state index < -0.39 is 23.0 Å². The highest BCUT2D eigenvalue weighted by molar-refractivity contribution is 6.30. The molecule has 30 heavy (non-hydrogen) atoms. The van der Waals surface area contributed by atoms with E-state index >= 15 is 0 Å². The Balaban J connectivity index is 1.76. The van der Waals surface area contributed by atoms with Gasteiger partial charge in [0.2, 0.25) is 0 Å². The molecule has 5 rings (SSSR count). The van der Waals surface area contributed by atoms with Crippen molar-refractivity contribution in [2.24, 2.45) is 0 Å². The molecule has 0 saturated heterocycles. The van der Waals surface area contributed by atoms with Gasteiger partial charge in [-0.1, -0.05) is 11.6 Å². The first-order valence-corrected chi connectivity index (χ1v) is 9.68. The predicted octanol–water partition coefficient (Wildman–Crippen LogP) is 4.58. The number of benzene rings is 2. The number of nitrogens with zero attached hydrogens (tertiary/aromatic N) is 4. The molecule has 9 heteroatoms. The minimum atomic E-state index is -1.04. The fraction of sp³-hybridized carbons (Fsp3) is 0.190. The molecule has 0 amide bonds. The molecule has 1 aliphatic carbocycles. The van der Waals surface area contributed by atoms with Gasteiger partial charge in [-0.3, -0.25) is 9.36 Å². The van der Waals surface area contributed by atoms with Crippen LogP contribution in [0.4, 0.5) is 13.2 Å². The molecule has 5 nitrogen and oxygen atoms in total. The second-order valence-electron chi connectivity index (χ2n) is 7.23. The predicted molar refractivity (Wildman–Crippen MR) is 106 cm³/mol. The minimum Gasteiger partial charge on any atom is -0.312 e. The Hall–Kier alpha value is -3.13. The third kappa shape index (κ3) is 3.17. The van der Waals surface area contributed by atoms with Gasteiger partial charge in [0.15, 0.2) is 11.2 Å². The van der Waals surface area contributed by atoms with Crippen molar-refractivity contribution in [2.45, 2.75) is 25.3 Å². The van der Waals surface area contributed by atoms with Crippen LogP contribution in [0.25, 0.3) is 16.9 Å². The Labute approximate surface area is 173 Å². The Bertz CT molecular complexity index is 1320. The maximum atomic E-state index is 14.3. The van der Waals surface area contributed by atoms with E-state index in [1.807, 2.05) is 4.57 Å². The van der Waals surface area contributed by atoms with E-state index in [1.165, 1.54) is 4.57 Å². The summed E-state index contributed by atoms with van der Waals surface area (Å²) < 4.78 is 45.0. The number of hydrogen-bond acceptors (Lipinski definition) is 3. The molecule has 1 saturated carbocycles. The highest BCUT2D eigenvalue weighted by Gasteiger charge is 2.28. The number of fused-ring (bicyclic) bond motifs is 1. The summed E-state index contributed by atoms with van der Waals surface area (Å²) >= 11 is 5.95. The average molecular weight is 431 g/mol. The number of hydrogen-bond donors (Lipinski definition) is 0. The molecule has 0 radical (unpaired) electrons. The van der Waals surface area contributed by atoms with Crippen LogP contribution in [0, 0.1) is 17.5 Å². The maximum absolute atomic E-state index is 14.3. The summed E-state index contributed by atoms with van der Waals surface area (Å²) in [5.41, 5.74) is 0.131. The lowest BCUT2D eigenvalue weighted by Gasteiger charge is -2.14. The first kappa shape index (κ1) is 18.9. The normalized spacial score (nSPS) is 13.9. The lowest BCUT2D eigenvalue weighted by atomic mass is 10.1. The number of imidazole rings is 1. The van der Waals surface area contributed by atoms with Crippen molar-refractivity contribution in [3.63, 3.8) is 0 Å². The van der Waals surface area contributed by atoms with E-state index in [2.05, 4.69) is 9.97 Å². The van der Waals surface area contributed by atoms with Gasteiger partial charge in [-0.25, -0.2) is 23.1 Å². The van der Waals surface area contributed by atoms with Crippen LogP contribution in [-0.2, 0) is 6.42 Å². The van der Waals surface area contributed by atoms with Crippen molar-refractivity contribution in [2.75, 3.05) is 0 Å². The van der Waals surface area contributed by atoms with Crippen LogP contribution >= 0.6 is 11.6 Å². The first-order valence-electron chi connectivity index (χ1n) is 9.30. The van der Waals surface area contributed by atoms with E-state index in [0.29, 0.717) is 28.5 Å². The molecule has 0 atom stereocenters. The zero-order valence-corrected chi connectivity index (χ0v) is 16.2. The molecule has 0 N–H and O–H groups in total. The van der Waals surface area contributed by atoms with Gasteiger partial charge in [0, 0.05) is 35.2 Å². The molecule has 0 spiro atoms. The summed E-state index contributed by atoms with van der Waals surface area (Å²) in [4.78, 5) is 22.1. The molecule has 2 heterocycles. The molecule has 0 aliphatic heterocycles. The first-order chi connectivity index (χ1) is 14.4. The fourth-order valence-corrected chi connectivity index (χ4v) is 3.63. The summed E-state index contributed by atoms with van der Waals surface area (Å²) in [6.07, 6.45) is 3.11. The second kappa shape index (κ2) is 6.98. The highest BCUT2D eigenvalue weighted by Crippen LogP contribution is 2.36. The number of rotatable bonds is 4. The molecular formula is C21H14ClF3N4O. The molecule has 0 bridgehead atoms. The topological polar surface area (TPSA) is 52.7 Å². The van der Waals surface area contributed by atoms with Gasteiger partial charge in [-0.05, 0) is 37.1 Å². The zero-order chi connectivity index (χ0) is 21.0. The quantitative estimate of drug-likeness (QED) is 0.476. The van der Waals surface area contributed by atoms with Crippen molar-refractivity contribution in [3.8, 4) is 5.69 Å². The fourth-order valence-electron chi connectivity index (χ4n) is 3.51. The van der Waals surface area contributed by atoms with E-state index in [9.17, 15) is 18.0 Å². The molecule has 1 fully saturated rings. The number of halogens is 4. The summed E-state index contributed by atoms with van der Waals surface area (Å²) in [5, 5.41) is 0.469. The van der Waals surface area contributed by atoms with Gasteiger partial charge >= 0.3 is 0 Å². The van der Waals surface area contributed by atoms with Crippen molar-refractivity contribution in [1.29, 1.82) is 0 Å². The second-order valence-corrected chi connectivity index (χ2v) is 7.66. The van der Waals surface area contributed by atoms with Crippen LogP contribution in [0.1, 0.15) is 30.3 Å². The lowest BCUT2D eigenvalue weighted by molar-refractivity contribution is 0.525. The van der Waals surface area contributed by atoms with Crippen LogP contribution in [0.2, 0.25) is 5.02 Å². The van der Waals surface area contributed by atoms with Crippen LogP contribution in [0.5, 0.6) is 0 Å². The van der Waals surface area contributed by atoms with E-state index in [0.717, 1.165) is 12.8 Å². The Morgan fingerprint density at radius 2 is 1.73 bits per heavy atom. The van der Waals surface area contributed by atoms with Crippen molar-refractivity contribution in [3.05, 3.63) is 86.9 Å². The van der Waals surface area contributed by atoms with E-state index in [-0.39, 0.29) is 29.4 Å². The van der Waals surface area contributed by atoms with Crippen LogP contribution in [0.3, 0.4) is 0 Å².